The zero-order valence-corrected chi connectivity index (χ0v) is 24.1. The molecule has 2 heterocycles. The Kier molecular flexibility index (Phi) is 9.26. The summed E-state index contributed by atoms with van der Waals surface area (Å²) in [5, 5.41) is 23.1. The lowest BCUT2D eigenvalue weighted by Gasteiger charge is -2.52. The number of aliphatic hydroxyl groups is 1. The molecule has 2 atom stereocenters. The number of aliphatic hydroxyl groups excluding tert-OH is 1. The van der Waals surface area contributed by atoms with Gasteiger partial charge in [-0.2, -0.15) is 5.26 Å². The van der Waals surface area contributed by atoms with E-state index in [4.69, 9.17) is 10.00 Å². The SMILES string of the molecule is CCCCN1C(=O)C(C(O)C2CCCCC2)NC(=O)C12CCN(Cc1ccc(Oc3ccc(C#N)cc3)cc1)CC2. The molecule has 3 fully saturated rings. The summed E-state index contributed by atoms with van der Waals surface area (Å²) in [4.78, 5) is 31.7. The second-order valence-corrected chi connectivity index (χ2v) is 11.9. The lowest BCUT2D eigenvalue weighted by molar-refractivity contribution is -0.166. The highest BCUT2D eigenvalue weighted by molar-refractivity contribution is 6.00. The molecule has 2 aromatic carbocycles. The molecule has 8 nitrogen and oxygen atoms in total. The molecule has 0 radical (unpaired) electrons. The summed E-state index contributed by atoms with van der Waals surface area (Å²) in [6, 6.07) is 16.3. The van der Waals surface area contributed by atoms with Crippen LogP contribution in [-0.2, 0) is 16.1 Å². The van der Waals surface area contributed by atoms with E-state index < -0.39 is 17.7 Å². The third-order valence-electron chi connectivity index (χ3n) is 9.20. The number of hydrogen-bond acceptors (Lipinski definition) is 6. The van der Waals surface area contributed by atoms with Crippen molar-refractivity contribution in [2.75, 3.05) is 19.6 Å². The van der Waals surface area contributed by atoms with Crippen molar-refractivity contribution in [2.45, 2.75) is 88.9 Å². The van der Waals surface area contributed by atoms with Crippen LogP contribution in [-0.4, -0.2) is 64.0 Å². The van der Waals surface area contributed by atoms with E-state index in [0.717, 1.165) is 56.4 Å². The fourth-order valence-corrected chi connectivity index (χ4v) is 6.69. The summed E-state index contributed by atoms with van der Waals surface area (Å²) in [7, 11) is 0. The Morgan fingerprint density at radius 1 is 1.02 bits per heavy atom. The molecular formula is C33H42N4O4. The third kappa shape index (κ3) is 6.42. The Hall–Kier alpha value is -3.41. The quantitative estimate of drug-likeness (QED) is 0.460. The van der Waals surface area contributed by atoms with E-state index >= 15 is 0 Å². The molecule has 0 aromatic heterocycles. The normalized spacial score (nSPS) is 22.3. The average Bonchev–Trinajstić information content (AvgIpc) is 3.01. The van der Waals surface area contributed by atoms with Crippen LogP contribution in [0.2, 0.25) is 0 Å². The van der Waals surface area contributed by atoms with Crippen LogP contribution in [0.3, 0.4) is 0 Å². The standard InChI is InChI=1S/C33H42N4O4/c1-2-3-19-37-31(39)29(30(38)26-7-5-4-6-8-26)35-32(40)33(37)17-20-36(21-18-33)23-25-11-15-28(16-12-25)41-27-13-9-24(22-34)10-14-27/h9-16,26,29-30,38H,2-8,17-21,23H2,1H3,(H,35,40). The number of nitrogens with zero attached hydrogens (tertiary/aromatic N) is 3. The van der Waals surface area contributed by atoms with Gasteiger partial charge in [0.25, 0.3) is 0 Å². The zero-order chi connectivity index (χ0) is 28.8. The van der Waals surface area contributed by atoms with Gasteiger partial charge in [-0.1, -0.05) is 44.7 Å². The second-order valence-electron chi connectivity index (χ2n) is 11.9. The van der Waals surface area contributed by atoms with Gasteiger partial charge in [-0.05, 0) is 80.0 Å². The fraction of sp³-hybridized carbons (Fsp3) is 0.545. The van der Waals surface area contributed by atoms with Gasteiger partial charge in [0.2, 0.25) is 11.8 Å². The zero-order valence-electron chi connectivity index (χ0n) is 24.1. The molecule has 2 N–H and O–H groups in total. The number of hydrogen-bond donors (Lipinski definition) is 2. The van der Waals surface area contributed by atoms with Gasteiger partial charge in [-0.3, -0.25) is 14.5 Å². The minimum absolute atomic E-state index is 0.0721. The molecule has 218 valence electrons. The van der Waals surface area contributed by atoms with Gasteiger partial charge >= 0.3 is 0 Å². The maximum absolute atomic E-state index is 13.8. The number of ether oxygens (including phenoxy) is 1. The van der Waals surface area contributed by atoms with E-state index in [9.17, 15) is 14.7 Å². The van der Waals surface area contributed by atoms with E-state index in [1.165, 1.54) is 6.42 Å². The van der Waals surface area contributed by atoms with Gasteiger partial charge < -0.3 is 20.1 Å². The van der Waals surface area contributed by atoms with Crippen molar-refractivity contribution in [3.63, 3.8) is 0 Å². The molecule has 1 aliphatic carbocycles. The van der Waals surface area contributed by atoms with E-state index in [1.807, 2.05) is 29.2 Å². The second kappa shape index (κ2) is 13.1. The summed E-state index contributed by atoms with van der Waals surface area (Å²) in [5.74, 6) is 1.27. The van der Waals surface area contributed by atoms with Gasteiger partial charge in [0.1, 0.15) is 23.1 Å². The maximum Gasteiger partial charge on any atom is 0.248 e. The molecule has 3 aliphatic rings. The number of piperidine rings is 1. The molecule has 1 saturated carbocycles. The first-order valence-corrected chi connectivity index (χ1v) is 15.2. The topological polar surface area (TPSA) is 106 Å². The van der Waals surface area contributed by atoms with E-state index in [0.29, 0.717) is 43.8 Å². The van der Waals surface area contributed by atoms with Crippen molar-refractivity contribution in [3.05, 3.63) is 59.7 Å². The van der Waals surface area contributed by atoms with Crippen molar-refractivity contribution in [2.24, 2.45) is 5.92 Å². The Morgan fingerprint density at radius 2 is 1.66 bits per heavy atom. The predicted molar refractivity (Wildman–Crippen MR) is 156 cm³/mol. The fourth-order valence-electron chi connectivity index (χ4n) is 6.69. The van der Waals surface area contributed by atoms with Crippen LogP contribution in [0.25, 0.3) is 0 Å². The van der Waals surface area contributed by atoms with Crippen molar-refractivity contribution in [1.82, 2.24) is 15.1 Å². The number of carbonyl (C=O) groups excluding carboxylic acids is 2. The number of amides is 2. The van der Waals surface area contributed by atoms with Crippen LogP contribution in [0.15, 0.2) is 48.5 Å². The summed E-state index contributed by atoms with van der Waals surface area (Å²) in [6.07, 6.45) is 7.27. The van der Waals surface area contributed by atoms with Crippen LogP contribution in [0.4, 0.5) is 0 Å². The molecule has 1 spiro atoms. The minimum Gasteiger partial charge on any atom is -0.457 e. The molecule has 2 aliphatic heterocycles. The van der Waals surface area contributed by atoms with Crippen LogP contribution in [0.1, 0.15) is 75.8 Å². The number of carbonyl (C=O) groups is 2. The molecule has 41 heavy (non-hydrogen) atoms. The first-order chi connectivity index (χ1) is 19.9. The van der Waals surface area contributed by atoms with E-state index in [1.54, 1.807) is 24.3 Å². The van der Waals surface area contributed by atoms with Gasteiger partial charge in [-0.25, -0.2) is 0 Å². The average molecular weight is 559 g/mol. The lowest BCUT2D eigenvalue weighted by atomic mass is 9.78. The molecular weight excluding hydrogens is 516 g/mol. The molecule has 8 heteroatoms. The van der Waals surface area contributed by atoms with Gasteiger partial charge in [0, 0.05) is 26.2 Å². The number of nitriles is 1. The molecule has 2 amide bonds. The largest absolute Gasteiger partial charge is 0.457 e. The number of unbranched alkanes of at least 4 members (excludes halogenated alkanes) is 1. The number of nitrogens with one attached hydrogen (secondary N) is 1. The molecule has 2 unspecified atom stereocenters. The van der Waals surface area contributed by atoms with Crippen LogP contribution in [0, 0.1) is 17.2 Å². The minimum atomic E-state index is -0.843. The molecule has 5 rings (SSSR count). The Labute approximate surface area is 243 Å². The molecule has 2 aromatic rings. The van der Waals surface area contributed by atoms with Crippen LogP contribution in [0.5, 0.6) is 11.5 Å². The van der Waals surface area contributed by atoms with Gasteiger partial charge in [0.05, 0.1) is 17.7 Å². The Morgan fingerprint density at radius 3 is 2.27 bits per heavy atom. The van der Waals surface area contributed by atoms with Gasteiger partial charge in [-0.15, -0.1) is 0 Å². The first kappa shape index (κ1) is 29.1. The molecule has 0 bridgehead atoms. The number of benzene rings is 2. The summed E-state index contributed by atoms with van der Waals surface area (Å²) < 4.78 is 5.91. The first-order valence-electron chi connectivity index (χ1n) is 15.2. The number of likely N-dealkylation sites (tertiary alicyclic amines) is 1. The van der Waals surface area contributed by atoms with Crippen molar-refractivity contribution >= 4 is 11.8 Å². The highest BCUT2D eigenvalue weighted by atomic mass is 16.5. The van der Waals surface area contributed by atoms with E-state index in [2.05, 4.69) is 23.2 Å². The monoisotopic (exact) mass is 558 g/mol. The smallest absolute Gasteiger partial charge is 0.248 e. The molecule has 2 saturated heterocycles. The van der Waals surface area contributed by atoms with Crippen LogP contribution >= 0.6 is 0 Å². The summed E-state index contributed by atoms with van der Waals surface area (Å²) in [6.45, 7) is 4.82. The van der Waals surface area contributed by atoms with Crippen molar-refractivity contribution < 1.29 is 19.4 Å². The summed E-state index contributed by atoms with van der Waals surface area (Å²) >= 11 is 0. The Bertz CT molecular complexity index is 1230. The highest BCUT2D eigenvalue weighted by Crippen LogP contribution is 2.36. The van der Waals surface area contributed by atoms with Crippen molar-refractivity contribution in [3.8, 4) is 17.6 Å². The number of rotatable bonds is 9. The summed E-state index contributed by atoms with van der Waals surface area (Å²) in [5.41, 5.74) is 0.900. The highest BCUT2D eigenvalue weighted by Gasteiger charge is 2.55. The maximum atomic E-state index is 13.8. The van der Waals surface area contributed by atoms with E-state index in [-0.39, 0.29) is 17.7 Å². The lowest BCUT2D eigenvalue weighted by Crippen LogP contribution is -2.75. The number of piperazine rings is 1. The van der Waals surface area contributed by atoms with Crippen molar-refractivity contribution in [1.29, 1.82) is 5.26 Å². The van der Waals surface area contributed by atoms with Crippen LogP contribution < -0.4 is 10.1 Å². The van der Waals surface area contributed by atoms with Gasteiger partial charge in [0.15, 0.2) is 0 Å². The third-order valence-corrected chi connectivity index (χ3v) is 9.20. The Balaban J connectivity index is 1.21. The predicted octanol–water partition coefficient (Wildman–Crippen LogP) is 4.75.